The van der Waals surface area contributed by atoms with Crippen LogP contribution in [0.5, 0.6) is 0 Å². The van der Waals surface area contributed by atoms with Crippen LogP contribution in [0.2, 0.25) is 0 Å². The van der Waals surface area contributed by atoms with Gasteiger partial charge in [-0.1, -0.05) is 58.3 Å². The molecular formula is C22H40NNa2O9P. The van der Waals surface area contributed by atoms with E-state index in [9.17, 15) is 28.7 Å². The third-order valence-electron chi connectivity index (χ3n) is 4.81. The third-order valence-corrected chi connectivity index (χ3v) is 5.28. The Bertz CT molecular complexity index is 605. The summed E-state index contributed by atoms with van der Waals surface area (Å²) in [4.78, 5) is 56.2. The summed E-state index contributed by atoms with van der Waals surface area (Å²) in [6, 6.07) is 0. The zero-order valence-corrected chi connectivity index (χ0v) is 26.9. The quantitative estimate of drug-likeness (QED) is 0.0678. The van der Waals surface area contributed by atoms with Crippen molar-refractivity contribution in [3.63, 3.8) is 0 Å². The van der Waals surface area contributed by atoms with Crippen LogP contribution in [-0.2, 0) is 32.9 Å². The first-order valence-electron chi connectivity index (χ1n) is 11.9. The summed E-state index contributed by atoms with van der Waals surface area (Å²) in [5.41, 5.74) is 0. The Hall–Kier alpha value is 0.520. The van der Waals surface area contributed by atoms with Gasteiger partial charge in [-0.15, -0.1) is 0 Å². The number of hydrogen-bond donors (Lipinski definition) is 1. The summed E-state index contributed by atoms with van der Waals surface area (Å²) < 4.78 is 25.2. The van der Waals surface area contributed by atoms with Gasteiger partial charge in [-0.2, -0.15) is 0 Å². The number of amides is 1. The molecule has 194 valence electrons. The minimum absolute atomic E-state index is 0. The largest absolute Gasteiger partial charge is 1.00 e. The second kappa shape index (κ2) is 26.1. The molecule has 0 heterocycles. The Kier molecular flexibility index (Phi) is 29.9. The molecule has 13 heteroatoms. The van der Waals surface area contributed by atoms with Gasteiger partial charge in [-0.05, 0) is 19.3 Å². The predicted molar refractivity (Wildman–Crippen MR) is 119 cm³/mol. The molecule has 0 aliphatic carbocycles. The van der Waals surface area contributed by atoms with E-state index in [-0.39, 0.29) is 84.5 Å². The van der Waals surface area contributed by atoms with Crippen LogP contribution < -0.4 is 74.2 Å². The zero-order chi connectivity index (χ0) is 25.0. The summed E-state index contributed by atoms with van der Waals surface area (Å²) in [6.45, 7) is 3.16. The minimum atomic E-state index is -5.24. The fourth-order valence-corrected chi connectivity index (χ4v) is 3.38. The molecule has 1 amide bonds. The van der Waals surface area contributed by atoms with Crippen molar-refractivity contribution < 1.29 is 102 Å². The monoisotopic (exact) mass is 539 g/mol. The van der Waals surface area contributed by atoms with Crippen LogP contribution in [0.3, 0.4) is 0 Å². The van der Waals surface area contributed by atoms with Crippen LogP contribution in [-0.4, -0.2) is 43.7 Å². The van der Waals surface area contributed by atoms with E-state index in [4.69, 9.17) is 9.47 Å². The van der Waals surface area contributed by atoms with E-state index < -0.39 is 32.5 Å². The summed E-state index contributed by atoms with van der Waals surface area (Å²) in [5, 5.41) is 2.72. The van der Waals surface area contributed by atoms with Crippen molar-refractivity contribution in [2.45, 2.75) is 103 Å². The molecule has 10 nitrogen and oxygen atoms in total. The maximum Gasteiger partial charge on any atom is 1.00 e. The van der Waals surface area contributed by atoms with E-state index in [0.29, 0.717) is 19.4 Å². The van der Waals surface area contributed by atoms with Crippen LogP contribution in [0, 0.1) is 0 Å². The van der Waals surface area contributed by atoms with Crippen molar-refractivity contribution in [1.29, 1.82) is 0 Å². The van der Waals surface area contributed by atoms with Gasteiger partial charge in [-0.3, -0.25) is 14.4 Å². The van der Waals surface area contributed by atoms with E-state index in [0.717, 1.165) is 57.8 Å². The molecule has 0 saturated heterocycles. The average molecular weight is 540 g/mol. The van der Waals surface area contributed by atoms with Crippen molar-refractivity contribution in [3.05, 3.63) is 0 Å². The Balaban J connectivity index is -0.00000512. The molecule has 0 rings (SSSR count). The Morgan fingerprint density at radius 1 is 0.800 bits per heavy atom. The van der Waals surface area contributed by atoms with Gasteiger partial charge in [0.1, 0.15) is 6.61 Å². The normalized spacial score (nSPS) is 11.5. The maximum atomic E-state index is 12.0. The van der Waals surface area contributed by atoms with Crippen molar-refractivity contribution >= 4 is 25.7 Å². The van der Waals surface area contributed by atoms with Crippen LogP contribution in [0.1, 0.15) is 97.3 Å². The number of hydrogen-bond acceptors (Lipinski definition) is 9. The first-order valence-corrected chi connectivity index (χ1v) is 13.4. The zero-order valence-electron chi connectivity index (χ0n) is 22.0. The van der Waals surface area contributed by atoms with Crippen molar-refractivity contribution in [3.8, 4) is 0 Å². The fourth-order valence-electron chi connectivity index (χ4n) is 3.03. The van der Waals surface area contributed by atoms with Crippen molar-refractivity contribution in [1.82, 2.24) is 5.32 Å². The number of esters is 2. The van der Waals surface area contributed by atoms with E-state index in [1.165, 1.54) is 6.92 Å². The van der Waals surface area contributed by atoms with Gasteiger partial charge in [0.15, 0.2) is 6.10 Å². The Morgan fingerprint density at radius 2 is 1.31 bits per heavy atom. The molecule has 0 aliphatic heterocycles. The third kappa shape index (κ3) is 30.6. The van der Waals surface area contributed by atoms with Crippen LogP contribution >= 0.6 is 7.82 Å². The number of rotatable bonds is 21. The minimum Gasteiger partial charge on any atom is -0.790 e. The van der Waals surface area contributed by atoms with Gasteiger partial charge in [0.05, 0.1) is 14.4 Å². The predicted octanol–water partition coefficient (Wildman–Crippen LogP) is -3.48. The Labute approximate surface area is 254 Å². The molecule has 0 spiro atoms. The molecule has 0 saturated carbocycles. The number of ether oxygens (including phenoxy) is 2. The molecule has 0 aliphatic rings. The van der Waals surface area contributed by atoms with Gasteiger partial charge < -0.3 is 33.7 Å². The first kappa shape index (κ1) is 40.0. The van der Waals surface area contributed by atoms with Crippen molar-refractivity contribution in [2.75, 3.05) is 19.8 Å². The van der Waals surface area contributed by atoms with Gasteiger partial charge in [-0.25, -0.2) is 0 Å². The summed E-state index contributed by atoms with van der Waals surface area (Å²) in [7, 11) is -5.24. The molecule has 0 aromatic heterocycles. The van der Waals surface area contributed by atoms with Crippen LogP contribution in [0.25, 0.3) is 0 Å². The summed E-state index contributed by atoms with van der Waals surface area (Å²) >= 11 is 0. The smallest absolute Gasteiger partial charge is 0.790 e. The molecule has 35 heavy (non-hydrogen) atoms. The van der Waals surface area contributed by atoms with Gasteiger partial charge in [0, 0.05) is 26.3 Å². The van der Waals surface area contributed by atoms with E-state index in [2.05, 4.69) is 16.8 Å². The summed E-state index contributed by atoms with van der Waals surface area (Å²) in [6.07, 6.45) is 9.28. The first-order chi connectivity index (χ1) is 15.6. The second-order valence-corrected chi connectivity index (χ2v) is 9.21. The van der Waals surface area contributed by atoms with Gasteiger partial charge in [0.2, 0.25) is 5.91 Å². The fraction of sp³-hybridized carbons (Fsp3) is 0.864. The molecule has 0 aromatic carbocycles. The molecule has 0 fully saturated rings. The molecule has 1 N–H and O–H groups in total. The van der Waals surface area contributed by atoms with E-state index >= 15 is 0 Å². The van der Waals surface area contributed by atoms with Crippen LogP contribution in [0.15, 0.2) is 0 Å². The standard InChI is InChI=1S/C22H42NO9P.2Na/c1-3-4-5-6-8-12-15-22(26)32-20(18-31-33(27,28)29)17-30-21(25)14-11-9-7-10-13-16-23-19(2)24;;/h20H,3-18H2,1-2H3,(H,23,24)(H2,27,28,29);;/q;2*+1/p-2/t20-;;/m1../s1. The maximum absolute atomic E-state index is 12.0. The SMILES string of the molecule is CCCCCCCCC(=O)O[C@H](COC(=O)CCCCCCCNC(C)=O)COP(=O)([O-])[O-].[Na+].[Na+]. The Morgan fingerprint density at radius 3 is 1.86 bits per heavy atom. The van der Waals surface area contributed by atoms with E-state index in [1.807, 2.05) is 0 Å². The number of unbranched alkanes of at least 4 members (excludes halogenated alkanes) is 9. The number of carbonyl (C=O) groups is 3. The molecule has 0 radical (unpaired) electrons. The van der Waals surface area contributed by atoms with Crippen LogP contribution in [0.4, 0.5) is 0 Å². The van der Waals surface area contributed by atoms with Gasteiger partial charge in [0.25, 0.3) is 0 Å². The molecular weight excluding hydrogens is 499 g/mol. The topological polar surface area (TPSA) is 154 Å². The number of phosphoric ester groups is 1. The second-order valence-electron chi connectivity index (χ2n) is 8.06. The number of phosphoric acid groups is 1. The molecule has 1 atom stereocenters. The number of carbonyl (C=O) groups excluding carboxylic acids is 3. The molecule has 0 bridgehead atoms. The van der Waals surface area contributed by atoms with Gasteiger partial charge >= 0.3 is 71.1 Å². The summed E-state index contributed by atoms with van der Waals surface area (Å²) in [5.74, 6) is -1.11. The average Bonchev–Trinajstić information content (AvgIpc) is 2.73. The molecule has 0 aromatic rings. The number of nitrogens with one attached hydrogen (secondary N) is 1. The van der Waals surface area contributed by atoms with E-state index in [1.54, 1.807) is 0 Å². The molecule has 0 unspecified atom stereocenters. The van der Waals surface area contributed by atoms with Crippen molar-refractivity contribution in [2.24, 2.45) is 0 Å².